The number of anilines is 1. The average molecular weight is 443 g/mol. The Morgan fingerprint density at radius 3 is 2.56 bits per heavy atom. The van der Waals surface area contributed by atoms with Gasteiger partial charge in [0.1, 0.15) is 5.15 Å². The maximum absolute atomic E-state index is 12.3. The van der Waals surface area contributed by atoms with Gasteiger partial charge in [0.2, 0.25) is 5.91 Å². The molecule has 1 N–H and O–H groups in total. The van der Waals surface area contributed by atoms with Gasteiger partial charge < -0.3 is 9.72 Å². The van der Waals surface area contributed by atoms with Crippen LogP contribution in [0, 0.1) is 0 Å². The first-order valence-corrected chi connectivity index (χ1v) is 10.4. The van der Waals surface area contributed by atoms with E-state index in [-0.39, 0.29) is 12.3 Å². The Morgan fingerprint density at radius 1 is 1.00 bits per heavy atom. The molecule has 0 radical (unpaired) electrons. The van der Waals surface area contributed by atoms with Crippen LogP contribution in [0.25, 0.3) is 27.9 Å². The van der Waals surface area contributed by atoms with Crippen molar-refractivity contribution in [1.82, 2.24) is 24.1 Å². The fraction of sp³-hybridized carbons (Fsp3) is 0.0833. The maximum Gasteiger partial charge on any atom is 0.228 e. The summed E-state index contributed by atoms with van der Waals surface area (Å²) in [5, 5.41) is 7.58. The largest absolute Gasteiger partial charge is 0.326 e. The van der Waals surface area contributed by atoms with Crippen molar-refractivity contribution in [3.05, 3.63) is 90.4 Å². The van der Waals surface area contributed by atoms with Crippen LogP contribution in [0.3, 0.4) is 0 Å². The first kappa shape index (κ1) is 20.0. The summed E-state index contributed by atoms with van der Waals surface area (Å²) in [6, 6.07) is 13.2. The van der Waals surface area contributed by atoms with Gasteiger partial charge in [-0.3, -0.25) is 14.5 Å². The highest BCUT2D eigenvalue weighted by atomic mass is 35.5. The van der Waals surface area contributed by atoms with Crippen molar-refractivity contribution in [2.75, 3.05) is 5.32 Å². The number of fused-ring (bicyclic) bond motifs is 1. The number of amides is 1. The van der Waals surface area contributed by atoms with Crippen LogP contribution in [0.4, 0.5) is 5.69 Å². The summed E-state index contributed by atoms with van der Waals surface area (Å²) < 4.78 is 3.84. The third-order valence-corrected chi connectivity index (χ3v) is 5.38. The molecule has 0 aliphatic carbocycles. The number of rotatable bonds is 5. The SMILES string of the molecule is Cn1cc(-c2cc3c(-c4ccc(NC(=O)Cc5ccc(Cl)nc5)cc4)nccn3c2)cn1. The Bertz CT molecular complexity index is 1400. The molecular weight excluding hydrogens is 424 g/mol. The van der Waals surface area contributed by atoms with Gasteiger partial charge in [-0.1, -0.05) is 29.8 Å². The van der Waals surface area contributed by atoms with E-state index in [1.54, 1.807) is 29.2 Å². The predicted molar refractivity (Wildman–Crippen MR) is 124 cm³/mol. The van der Waals surface area contributed by atoms with Crippen molar-refractivity contribution >= 4 is 28.7 Å². The molecule has 5 rings (SSSR count). The quantitative estimate of drug-likeness (QED) is 0.402. The number of aryl methyl sites for hydroxylation is 1. The lowest BCUT2D eigenvalue weighted by molar-refractivity contribution is -0.115. The van der Waals surface area contributed by atoms with Crippen LogP contribution in [-0.4, -0.2) is 30.1 Å². The number of nitrogens with one attached hydrogen (secondary N) is 1. The number of pyridine rings is 1. The highest BCUT2D eigenvalue weighted by Gasteiger charge is 2.11. The molecule has 7 nitrogen and oxygen atoms in total. The van der Waals surface area contributed by atoms with Crippen molar-refractivity contribution in [3.63, 3.8) is 0 Å². The number of benzene rings is 1. The van der Waals surface area contributed by atoms with Gasteiger partial charge in [-0.2, -0.15) is 5.10 Å². The molecule has 0 atom stereocenters. The monoisotopic (exact) mass is 442 g/mol. The third kappa shape index (κ3) is 4.10. The number of halogens is 1. The summed E-state index contributed by atoms with van der Waals surface area (Å²) in [5.41, 5.74) is 6.48. The summed E-state index contributed by atoms with van der Waals surface area (Å²) in [5.74, 6) is -0.116. The summed E-state index contributed by atoms with van der Waals surface area (Å²) >= 11 is 5.79. The van der Waals surface area contributed by atoms with Gasteiger partial charge in [-0.25, -0.2) is 4.98 Å². The van der Waals surface area contributed by atoms with Gasteiger partial charge in [0.15, 0.2) is 0 Å². The molecule has 32 heavy (non-hydrogen) atoms. The second-order valence-corrected chi connectivity index (χ2v) is 7.88. The average Bonchev–Trinajstić information content (AvgIpc) is 3.42. The van der Waals surface area contributed by atoms with E-state index < -0.39 is 0 Å². The molecule has 158 valence electrons. The van der Waals surface area contributed by atoms with Gasteiger partial charge in [-0.05, 0) is 29.8 Å². The van der Waals surface area contributed by atoms with Crippen LogP contribution in [0.1, 0.15) is 5.56 Å². The second kappa shape index (κ2) is 8.28. The Labute approximate surface area is 189 Å². The van der Waals surface area contributed by atoms with E-state index in [1.807, 2.05) is 49.9 Å². The zero-order valence-corrected chi connectivity index (χ0v) is 18.0. The molecule has 0 spiro atoms. The molecule has 0 bridgehead atoms. The fourth-order valence-corrected chi connectivity index (χ4v) is 3.71. The molecule has 0 unspecified atom stereocenters. The normalized spacial score (nSPS) is 11.1. The number of carbonyl (C=O) groups is 1. The Hall–Kier alpha value is -3.97. The van der Waals surface area contributed by atoms with Crippen LogP contribution >= 0.6 is 11.6 Å². The van der Waals surface area contributed by atoms with Crippen molar-refractivity contribution in [2.45, 2.75) is 6.42 Å². The number of hydrogen-bond acceptors (Lipinski definition) is 4. The third-order valence-electron chi connectivity index (χ3n) is 5.16. The van der Waals surface area contributed by atoms with E-state index in [1.165, 1.54) is 0 Å². The first-order valence-electron chi connectivity index (χ1n) is 10.0. The van der Waals surface area contributed by atoms with Gasteiger partial charge in [0, 0.05) is 60.4 Å². The minimum Gasteiger partial charge on any atom is -0.326 e. The van der Waals surface area contributed by atoms with E-state index in [2.05, 4.69) is 37.0 Å². The lowest BCUT2D eigenvalue weighted by atomic mass is 10.1. The molecule has 4 aromatic heterocycles. The zero-order chi connectivity index (χ0) is 22.1. The fourth-order valence-electron chi connectivity index (χ4n) is 3.60. The molecule has 8 heteroatoms. The lowest BCUT2D eigenvalue weighted by Gasteiger charge is -2.08. The molecule has 1 amide bonds. The Morgan fingerprint density at radius 2 is 1.84 bits per heavy atom. The standard InChI is InChI=1S/C24H19ClN6O/c1-30-14-19(13-28-30)18-11-21-24(26-8-9-31(21)15-18)17-3-5-20(6-4-17)29-23(32)10-16-2-7-22(25)27-12-16/h2-9,11-15H,10H2,1H3,(H,29,32). The zero-order valence-electron chi connectivity index (χ0n) is 17.2. The van der Waals surface area contributed by atoms with Crippen LogP contribution in [0.15, 0.2) is 79.6 Å². The highest BCUT2D eigenvalue weighted by Crippen LogP contribution is 2.29. The van der Waals surface area contributed by atoms with Crippen molar-refractivity contribution < 1.29 is 4.79 Å². The minimum absolute atomic E-state index is 0.116. The van der Waals surface area contributed by atoms with Crippen LogP contribution in [-0.2, 0) is 18.3 Å². The van der Waals surface area contributed by atoms with Crippen molar-refractivity contribution in [2.24, 2.45) is 7.05 Å². The molecule has 0 fully saturated rings. The number of aromatic nitrogens is 5. The summed E-state index contributed by atoms with van der Waals surface area (Å²) in [4.78, 5) is 20.9. The number of carbonyl (C=O) groups excluding carboxylic acids is 1. The van der Waals surface area contributed by atoms with Gasteiger partial charge >= 0.3 is 0 Å². The summed E-state index contributed by atoms with van der Waals surface area (Å²) in [6.07, 6.45) is 11.4. The second-order valence-electron chi connectivity index (χ2n) is 7.49. The number of nitrogens with zero attached hydrogens (tertiary/aromatic N) is 5. The summed E-state index contributed by atoms with van der Waals surface area (Å²) in [7, 11) is 1.90. The van der Waals surface area contributed by atoms with Crippen molar-refractivity contribution in [1.29, 1.82) is 0 Å². The van der Waals surface area contributed by atoms with Gasteiger partial charge in [0.05, 0.1) is 23.8 Å². The van der Waals surface area contributed by atoms with Gasteiger partial charge in [-0.15, -0.1) is 0 Å². The van der Waals surface area contributed by atoms with Crippen LogP contribution in [0.5, 0.6) is 0 Å². The van der Waals surface area contributed by atoms with E-state index in [0.29, 0.717) is 5.15 Å². The van der Waals surface area contributed by atoms with E-state index in [0.717, 1.165) is 39.2 Å². The van der Waals surface area contributed by atoms with E-state index in [4.69, 9.17) is 11.6 Å². The Kier molecular flexibility index (Phi) is 5.17. The first-order chi connectivity index (χ1) is 15.5. The van der Waals surface area contributed by atoms with Crippen molar-refractivity contribution in [3.8, 4) is 22.4 Å². The lowest BCUT2D eigenvalue weighted by Crippen LogP contribution is -2.14. The molecule has 0 aliphatic heterocycles. The minimum atomic E-state index is -0.116. The van der Waals surface area contributed by atoms with E-state index >= 15 is 0 Å². The van der Waals surface area contributed by atoms with Crippen LogP contribution < -0.4 is 5.32 Å². The molecular formula is C24H19ClN6O. The highest BCUT2D eigenvalue weighted by molar-refractivity contribution is 6.29. The molecule has 5 aromatic rings. The Balaban J connectivity index is 1.36. The van der Waals surface area contributed by atoms with Crippen LogP contribution in [0.2, 0.25) is 5.15 Å². The molecule has 4 heterocycles. The molecule has 0 saturated carbocycles. The van der Waals surface area contributed by atoms with Gasteiger partial charge in [0.25, 0.3) is 0 Å². The molecule has 0 saturated heterocycles. The predicted octanol–water partition coefficient (Wildman–Crippen LogP) is 4.63. The van der Waals surface area contributed by atoms with E-state index in [9.17, 15) is 4.79 Å². The molecule has 1 aromatic carbocycles. The number of hydrogen-bond donors (Lipinski definition) is 1. The topological polar surface area (TPSA) is 77.1 Å². The maximum atomic E-state index is 12.3. The molecule has 0 aliphatic rings. The summed E-state index contributed by atoms with van der Waals surface area (Å²) in [6.45, 7) is 0. The smallest absolute Gasteiger partial charge is 0.228 e.